The van der Waals surface area contributed by atoms with Crippen LogP contribution < -0.4 is 11.1 Å². The number of nitrogens with one attached hydrogen (secondary N) is 1. The highest BCUT2D eigenvalue weighted by molar-refractivity contribution is 5.75. The lowest BCUT2D eigenvalue weighted by Gasteiger charge is -2.13. The largest absolute Gasteiger partial charge is 0.352 e. The Kier molecular flexibility index (Phi) is 6.49. The Hall–Kier alpha value is -1.43. The van der Waals surface area contributed by atoms with E-state index in [-0.39, 0.29) is 24.5 Å². The molecule has 6 heteroatoms. The van der Waals surface area contributed by atoms with Crippen molar-refractivity contribution < 1.29 is 4.79 Å². The van der Waals surface area contributed by atoms with E-state index < -0.39 is 0 Å². The number of nitrogens with zero attached hydrogens (tertiary/aromatic N) is 3. The minimum Gasteiger partial charge on any atom is -0.352 e. The van der Waals surface area contributed by atoms with Gasteiger partial charge in [-0.1, -0.05) is 31.4 Å². The molecule has 1 amide bonds. The molecular formula is C13H25N5O. The summed E-state index contributed by atoms with van der Waals surface area (Å²) in [5, 5.41) is 10.8. The summed E-state index contributed by atoms with van der Waals surface area (Å²) in [6, 6.07) is 0.0419. The number of carbonyl (C=O) groups excluding carboxylic acids is 1. The minimum absolute atomic E-state index is 0.0369. The molecule has 0 saturated carbocycles. The predicted molar refractivity (Wildman–Crippen MR) is 74.4 cm³/mol. The zero-order valence-corrected chi connectivity index (χ0v) is 12.1. The van der Waals surface area contributed by atoms with E-state index in [1.54, 1.807) is 6.20 Å². The van der Waals surface area contributed by atoms with E-state index >= 15 is 0 Å². The number of rotatable bonds is 8. The van der Waals surface area contributed by atoms with Gasteiger partial charge in [0.15, 0.2) is 0 Å². The Morgan fingerprint density at radius 2 is 2.21 bits per heavy atom. The van der Waals surface area contributed by atoms with Crippen LogP contribution in [0.15, 0.2) is 6.20 Å². The van der Waals surface area contributed by atoms with Crippen LogP contribution in [0.4, 0.5) is 0 Å². The van der Waals surface area contributed by atoms with Crippen LogP contribution in [-0.2, 0) is 11.3 Å². The smallest absolute Gasteiger partial charge is 0.242 e. The molecule has 0 radical (unpaired) electrons. The Balaban J connectivity index is 2.33. The lowest BCUT2D eigenvalue weighted by Crippen LogP contribution is -2.35. The highest BCUT2D eigenvalue weighted by atomic mass is 16.2. The Bertz CT molecular complexity index is 388. The van der Waals surface area contributed by atoms with Crippen LogP contribution in [0.2, 0.25) is 0 Å². The van der Waals surface area contributed by atoms with Gasteiger partial charge in [-0.15, -0.1) is 5.10 Å². The van der Waals surface area contributed by atoms with Crippen molar-refractivity contribution in [2.75, 3.05) is 0 Å². The summed E-state index contributed by atoms with van der Waals surface area (Å²) < 4.78 is 1.52. The van der Waals surface area contributed by atoms with Crippen molar-refractivity contribution in [1.82, 2.24) is 20.3 Å². The standard InChI is InChI=1S/C13H25N5O/c1-4-5-6-7-10(2)15-13(19)9-18-8-12(11(3)14)16-17-18/h8,10-11H,4-7,9,14H2,1-3H3,(H,15,19). The van der Waals surface area contributed by atoms with Crippen molar-refractivity contribution >= 4 is 5.91 Å². The monoisotopic (exact) mass is 267 g/mol. The average molecular weight is 267 g/mol. The van der Waals surface area contributed by atoms with E-state index in [0.717, 1.165) is 12.8 Å². The van der Waals surface area contributed by atoms with Crippen LogP contribution >= 0.6 is 0 Å². The first kappa shape index (κ1) is 15.6. The molecule has 0 aliphatic heterocycles. The minimum atomic E-state index is -0.162. The first-order chi connectivity index (χ1) is 9.02. The summed E-state index contributed by atoms with van der Waals surface area (Å²) in [5.74, 6) is -0.0369. The van der Waals surface area contributed by atoms with Crippen molar-refractivity contribution in [3.05, 3.63) is 11.9 Å². The molecule has 0 fully saturated rings. The summed E-state index contributed by atoms with van der Waals surface area (Å²) in [5.41, 5.74) is 6.39. The summed E-state index contributed by atoms with van der Waals surface area (Å²) in [4.78, 5) is 11.8. The topological polar surface area (TPSA) is 85.8 Å². The number of hydrogen-bond acceptors (Lipinski definition) is 4. The zero-order valence-electron chi connectivity index (χ0n) is 12.1. The summed E-state index contributed by atoms with van der Waals surface area (Å²) in [6.45, 7) is 6.23. The van der Waals surface area contributed by atoms with Crippen molar-refractivity contribution in [3.8, 4) is 0 Å². The zero-order chi connectivity index (χ0) is 14.3. The maximum absolute atomic E-state index is 11.8. The van der Waals surface area contributed by atoms with Crippen LogP contribution in [0.1, 0.15) is 58.2 Å². The molecule has 0 saturated heterocycles. The van der Waals surface area contributed by atoms with Gasteiger partial charge < -0.3 is 11.1 Å². The molecule has 1 heterocycles. The normalized spacial score (nSPS) is 14.1. The van der Waals surface area contributed by atoms with Gasteiger partial charge in [-0.05, 0) is 20.3 Å². The lowest BCUT2D eigenvalue weighted by molar-refractivity contribution is -0.122. The molecule has 1 rings (SSSR count). The number of nitrogens with two attached hydrogens (primary N) is 1. The van der Waals surface area contributed by atoms with E-state index in [1.807, 2.05) is 13.8 Å². The molecule has 1 aromatic rings. The molecule has 3 N–H and O–H groups in total. The van der Waals surface area contributed by atoms with Gasteiger partial charge in [0.2, 0.25) is 5.91 Å². The van der Waals surface area contributed by atoms with Gasteiger partial charge in [-0.3, -0.25) is 4.79 Å². The lowest BCUT2D eigenvalue weighted by atomic mass is 10.1. The molecular weight excluding hydrogens is 242 g/mol. The molecule has 19 heavy (non-hydrogen) atoms. The fraction of sp³-hybridized carbons (Fsp3) is 0.769. The fourth-order valence-electron chi connectivity index (χ4n) is 1.84. The molecule has 108 valence electrons. The average Bonchev–Trinajstić information content (AvgIpc) is 2.77. The molecule has 0 aromatic carbocycles. The van der Waals surface area contributed by atoms with Crippen molar-refractivity contribution in [2.24, 2.45) is 5.73 Å². The van der Waals surface area contributed by atoms with Crippen LogP contribution in [0.25, 0.3) is 0 Å². The third-order valence-corrected chi connectivity index (χ3v) is 2.98. The van der Waals surface area contributed by atoms with E-state index in [0.29, 0.717) is 5.69 Å². The maximum atomic E-state index is 11.8. The molecule has 2 atom stereocenters. The molecule has 2 unspecified atom stereocenters. The molecule has 6 nitrogen and oxygen atoms in total. The third-order valence-electron chi connectivity index (χ3n) is 2.98. The Labute approximate surface area is 114 Å². The van der Waals surface area contributed by atoms with Crippen molar-refractivity contribution in [3.63, 3.8) is 0 Å². The Morgan fingerprint density at radius 3 is 2.79 bits per heavy atom. The number of unbranched alkanes of at least 4 members (excludes halogenated alkanes) is 2. The molecule has 0 aliphatic rings. The van der Waals surface area contributed by atoms with Gasteiger partial charge in [-0.25, -0.2) is 4.68 Å². The van der Waals surface area contributed by atoms with E-state index in [2.05, 4.69) is 22.6 Å². The van der Waals surface area contributed by atoms with Crippen molar-refractivity contribution in [2.45, 2.75) is 65.1 Å². The number of hydrogen-bond donors (Lipinski definition) is 2. The molecule has 0 aliphatic carbocycles. The fourth-order valence-corrected chi connectivity index (χ4v) is 1.84. The summed E-state index contributed by atoms with van der Waals surface area (Å²) >= 11 is 0. The first-order valence-electron chi connectivity index (χ1n) is 6.98. The van der Waals surface area contributed by atoms with Gasteiger partial charge in [0, 0.05) is 12.1 Å². The highest BCUT2D eigenvalue weighted by Crippen LogP contribution is 2.04. The summed E-state index contributed by atoms with van der Waals surface area (Å²) in [6.07, 6.45) is 6.28. The highest BCUT2D eigenvalue weighted by Gasteiger charge is 2.10. The second-order valence-electron chi connectivity index (χ2n) is 5.09. The Morgan fingerprint density at radius 1 is 1.47 bits per heavy atom. The van der Waals surface area contributed by atoms with Gasteiger partial charge in [0.05, 0.1) is 11.9 Å². The van der Waals surface area contributed by atoms with Crippen LogP contribution in [-0.4, -0.2) is 26.9 Å². The van der Waals surface area contributed by atoms with Gasteiger partial charge >= 0.3 is 0 Å². The second-order valence-corrected chi connectivity index (χ2v) is 5.09. The second kappa shape index (κ2) is 7.89. The number of amides is 1. The maximum Gasteiger partial charge on any atom is 0.242 e. The van der Waals surface area contributed by atoms with E-state index in [9.17, 15) is 4.79 Å². The van der Waals surface area contributed by atoms with E-state index in [4.69, 9.17) is 5.73 Å². The molecule has 0 spiro atoms. The SMILES string of the molecule is CCCCCC(C)NC(=O)Cn1cc(C(C)N)nn1. The quantitative estimate of drug-likeness (QED) is 0.697. The van der Waals surface area contributed by atoms with Crippen LogP contribution in [0.3, 0.4) is 0 Å². The summed E-state index contributed by atoms with van der Waals surface area (Å²) in [7, 11) is 0. The van der Waals surface area contributed by atoms with Gasteiger partial charge in [-0.2, -0.15) is 0 Å². The molecule has 1 aromatic heterocycles. The first-order valence-corrected chi connectivity index (χ1v) is 6.98. The van der Waals surface area contributed by atoms with Crippen LogP contribution in [0.5, 0.6) is 0 Å². The predicted octanol–water partition coefficient (Wildman–Crippen LogP) is 1.38. The third kappa shape index (κ3) is 5.83. The van der Waals surface area contributed by atoms with Gasteiger partial charge in [0.1, 0.15) is 6.54 Å². The molecule has 0 bridgehead atoms. The van der Waals surface area contributed by atoms with E-state index in [1.165, 1.54) is 17.5 Å². The number of aromatic nitrogens is 3. The number of carbonyl (C=O) groups is 1. The van der Waals surface area contributed by atoms with Crippen molar-refractivity contribution in [1.29, 1.82) is 0 Å². The van der Waals surface area contributed by atoms with Gasteiger partial charge in [0.25, 0.3) is 0 Å². The van der Waals surface area contributed by atoms with Crippen LogP contribution in [0, 0.1) is 0 Å².